The van der Waals surface area contributed by atoms with Crippen LogP contribution in [-0.4, -0.2) is 39.3 Å². The molecule has 0 unspecified atom stereocenters. The van der Waals surface area contributed by atoms with Gasteiger partial charge in [-0.25, -0.2) is 8.42 Å². The highest BCUT2D eigenvalue weighted by molar-refractivity contribution is 7.91. The van der Waals surface area contributed by atoms with Crippen LogP contribution < -0.4 is 14.8 Å². The summed E-state index contributed by atoms with van der Waals surface area (Å²) < 4.78 is 35.5. The summed E-state index contributed by atoms with van der Waals surface area (Å²) in [4.78, 5) is 12.0. The molecular formula is C16H21NO5S. The van der Waals surface area contributed by atoms with E-state index in [1.165, 1.54) is 12.1 Å². The van der Waals surface area contributed by atoms with Crippen molar-refractivity contribution in [1.82, 2.24) is 5.32 Å². The van der Waals surface area contributed by atoms with E-state index in [-0.39, 0.29) is 29.0 Å². The Morgan fingerprint density at radius 3 is 2.65 bits per heavy atom. The molecule has 1 amide bonds. The Morgan fingerprint density at radius 1 is 1.26 bits per heavy atom. The fraction of sp³-hybridized carbons (Fsp3) is 0.562. The molecule has 126 valence electrons. The number of rotatable bonds is 6. The van der Waals surface area contributed by atoms with Gasteiger partial charge in [0, 0.05) is 18.5 Å². The van der Waals surface area contributed by atoms with Crippen LogP contribution in [0.25, 0.3) is 0 Å². The van der Waals surface area contributed by atoms with Gasteiger partial charge in [0.1, 0.15) is 13.2 Å². The van der Waals surface area contributed by atoms with Gasteiger partial charge in [-0.1, -0.05) is 0 Å². The Kier molecular flexibility index (Phi) is 4.48. The second-order valence-electron chi connectivity index (χ2n) is 6.07. The Hall–Kier alpha value is -1.76. The molecule has 1 aliphatic heterocycles. The van der Waals surface area contributed by atoms with Crippen LogP contribution in [0.5, 0.6) is 11.5 Å². The van der Waals surface area contributed by atoms with Crippen LogP contribution in [-0.2, 0) is 14.6 Å². The van der Waals surface area contributed by atoms with E-state index in [4.69, 9.17) is 9.47 Å². The number of amides is 1. The summed E-state index contributed by atoms with van der Waals surface area (Å²) in [7, 11) is -3.53. The lowest BCUT2D eigenvalue weighted by Gasteiger charge is -2.19. The molecule has 0 saturated heterocycles. The highest BCUT2D eigenvalue weighted by Crippen LogP contribution is 2.33. The second kappa shape index (κ2) is 6.39. The summed E-state index contributed by atoms with van der Waals surface area (Å²) in [5, 5.41) is 2.87. The fourth-order valence-electron chi connectivity index (χ4n) is 2.60. The van der Waals surface area contributed by atoms with E-state index in [0.717, 1.165) is 12.8 Å². The molecule has 1 N–H and O–H groups in total. The molecule has 1 aromatic carbocycles. The average molecular weight is 339 g/mol. The minimum atomic E-state index is -3.53. The van der Waals surface area contributed by atoms with E-state index in [0.29, 0.717) is 30.6 Å². The molecule has 1 heterocycles. The van der Waals surface area contributed by atoms with Crippen molar-refractivity contribution in [2.24, 2.45) is 5.92 Å². The summed E-state index contributed by atoms with van der Waals surface area (Å²) in [6.45, 7) is 2.82. The first-order chi connectivity index (χ1) is 11.0. The van der Waals surface area contributed by atoms with Crippen molar-refractivity contribution >= 4 is 15.7 Å². The van der Waals surface area contributed by atoms with Crippen molar-refractivity contribution in [2.75, 3.05) is 19.0 Å². The third-order valence-corrected chi connectivity index (χ3v) is 5.90. The SMILES string of the molecule is C[C@H](NC(=O)CCS(=O)(=O)c1ccc2c(c1)OCCO2)C1CC1. The van der Waals surface area contributed by atoms with Crippen molar-refractivity contribution in [2.45, 2.75) is 37.1 Å². The molecule has 1 atom stereocenters. The van der Waals surface area contributed by atoms with Gasteiger partial charge in [0.2, 0.25) is 5.91 Å². The lowest BCUT2D eigenvalue weighted by atomic mass is 10.2. The van der Waals surface area contributed by atoms with Gasteiger partial charge in [0.05, 0.1) is 10.6 Å². The molecule has 23 heavy (non-hydrogen) atoms. The number of nitrogens with one attached hydrogen (secondary N) is 1. The van der Waals surface area contributed by atoms with Crippen LogP contribution in [0.2, 0.25) is 0 Å². The first-order valence-electron chi connectivity index (χ1n) is 7.87. The molecule has 6 nitrogen and oxygen atoms in total. The Morgan fingerprint density at radius 2 is 1.96 bits per heavy atom. The van der Waals surface area contributed by atoms with Crippen molar-refractivity contribution in [3.05, 3.63) is 18.2 Å². The van der Waals surface area contributed by atoms with Gasteiger partial charge in [0.15, 0.2) is 21.3 Å². The second-order valence-corrected chi connectivity index (χ2v) is 8.18. The van der Waals surface area contributed by atoms with Crippen molar-refractivity contribution in [1.29, 1.82) is 0 Å². The van der Waals surface area contributed by atoms with Gasteiger partial charge < -0.3 is 14.8 Å². The number of carbonyl (C=O) groups excluding carboxylic acids is 1. The molecule has 1 aromatic rings. The molecule has 0 radical (unpaired) electrons. The molecule has 3 rings (SSSR count). The van der Waals surface area contributed by atoms with Crippen LogP contribution in [0, 0.1) is 5.92 Å². The van der Waals surface area contributed by atoms with Crippen LogP contribution in [0.15, 0.2) is 23.1 Å². The summed E-state index contributed by atoms with van der Waals surface area (Å²) in [5.74, 6) is 1.10. The maximum absolute atomic E-state index is 12.4. The summed E-state index contributed by atoms with van der Waals surface area (Å²) in [6, 6.07) is 4.68. The van der Waals surface area contributed by atoms with Crippen molar-refractivity contribution < 1.29 is 22.7 Å². The molecular weight excluding hydrogens is 318 g/mol. The Bertz CT molecular complexity index is 696. The molecule has 0 bridgehead atoms. The van der Waals surface area contributed by atoms with Crippen LogP contribution >= 0.6 is 0 Å². The fourth-order valence-corrected chi connectivity index (χ4v) is 3.85. The molecule has 7 heteroatoms. The Balaban J connectivity index is 1.61. The molecule has 1 aliphatic carbocycles. The predicted molar refractivity (Wildman–Crippen MR) is 84.4 cm³/mol. The number of ether oxygens (including phenoxy) is 2. The zero-order valence-corrected chi connectivity index (χ0v) is 13.9. The van der Waals surface area contributed by atoms with E-state index >= 15 is 0 Å². The van der Waals surface area contributed by atoms with E-state index in [9.17, 15) is 13.2 Å². The lowest BCUT2D eigenvalue weighted by Crippen LogP contribution is -2.34. The quantitative estimate of drug-likeness (QED) is 0.850. The Labute approximate surface area is 136 Å². The minimum absolute atomic E-state index is 0.0339. The zero-order valence-electron chi connectivity index (χ0n) is 13.1. The number of fused-ring (bicyclic) bond motifs is 1. The topological polar surface area (TPSA) is 81.7 Å². The van der Waals surface area contributed by atoms with Gasteiger partial charge in [-0.2, -0.15) is 0 Å². The zero-order chi connectivity index (χ0) is 16.4. The highest BCUT2D eigenvalue weighted by Gasteiger charge is 2.29. The summed E-state index contributed by atoms with van der Waals surface area (Å²) in [5.41, 5.74) is 0. The smallest absolute Gasteiger partial charge is 0.221 e. The highest BCUT2D eigenvalue weighted by atomic mass is 32.2. The maximum atomic E-state index is 12.4. The third kappa shape index (κ3) is 3.96. The van der Waals surface area contributed by atoms with Crippen molar-refractivity contribution in [3.8, 4) is 11.5 Å². The van der Waals surface area contributed by atoms with E-state index in [1.807, 2.05) is 6.92 Å². The normalized spacial score (nSPS) is 18.3. The number of sulfone groups is 1. The largest absolute Gasteiger partial charge is 0.486 e. The van der Waals surface area contributed by atoms with E-state index < -0.39 is 9.84 Å². The van der Waals surface area contributed by atoms with Crippen LogP contribution in [0.1, 0.15) is 26.2 Å². The van der Waals surface area contributed by atoms with Gasteiger partial charge in [-0.15, -0.1) is 0 Å². The van der Waals surface area contributed by atoms with E-state index in [1.54, 1.807) is 6.07 Å². The first-order valence-corrected chi connectivity index (χ1v) is 9.53. The average Bonchev–Trinajstić information content (AvgIpc) is 3.37. The summed E-state index contributed by atoms with van der Waals surface area (Å²) >= 11 is 0. The van der Waals surface area contributed by atoms with Crippen LogP contribution in [0.3, 0.4) is 0 Å². The predicted octanol–water partition coefficient (Wildman–Crippen LogP) is 1.54. The molecule has 0 spiro atoms. The number of carbonyl (C=O) groups is 1. The van der Waals surface area contributed by atoms with E-state index in [2.05, 4.69) is 5.32 Å². The van der Waals surface area contributed by atoms with Gasteiger partial charge >= 0.3 is 0 Å². The monoisotopic (exact) mass is 339 g/mol. The molecule has 1 saturated carbocycles. The molecule has 1 fully saturated rings. The third-order valence-electron chi connectivity index (χ3n) is 4.19. The molecule has 2 aliphatic rings. The van der Waals surface area contributed by atoms with Crippen molar-refractivity contribution in [3.63, 3.8) is 0 Å². The number of hydrogen-bond donors (Lipinski definition) is 1. The first kappa shape index (κ1) is 16.1. The van der Waals surface area contributed by atoms with Gasteiger partial charge in [-0.3, -0.25) is 4.79 Å². The van der Waals surface area contributed by atoms with Crippen LogP contribution in [0.4, 0.5) is 0 Å². The maximum Gasteiger partial charge on any atom is 0.221 e. The van der Waals surface area contributed by atoms with Gasteiger partial charge in [0.25, 0.3) is 0 Å². The lowest BCUT2D eigenvalue weighted by molar-refractivity contribution is -0.121. The van der Waals surface area contributed by atoms with Gasteiger partial charge in [-0.05, 0) is 37.8 Å². The number of hydrogen-bond acceptors (Lipinski definition) is 5. The summed E-state index contributed by atoms with van der Waals surface area (Å²) in [6.07, 6.45) is 2.24. The standard InChI is InChI=1S/C16H21NO5S/c1-11(12-2-3-12)17-16(18)6-9-23(19,20)13-4-5-14-15(10-13)22-8-7-21-14/h4-5,10-12H,2-3,6-9H2,1H3,(H,17,18)/t11-/m0/s1. The number of benzene rings is 1. The minimum Gasteiger partial charge on any atom is -0.486 e. The molecule has 0 aromatic heterocycles.